The van der Waals surface area contributed by atoms with Crippen LogP contribution in [0.15, 0.2) is 16.9 Å². The number of hydrogen-bond donors (Lipinski definition) is 2. The number of nitrogens with one attached hydrogen (secondary N) is 2. The van der Waals surface area contributed by atoms with Gasteiger partial charge in [0.05, 0.1) is 12.2 Å². The molecule has 0 radical (unpaired) electrons. The minimum Gasteiger partial charge on any atom is -0.350 e. The zero-order chi connectivity index (χ0) is 9.68. The maximum atomic E-state index is 10.8. The lowest BCUT2D eigenvalue weighted by Crippen LogP contribution is -2.23. The number of aromatic amines is 1. The van der Waals surface area contributed by atoms with Crippen LogP contribution in [0.3, 0.4) is 0 Å². The summed E-state index contributed by atoms with van der Waals surface area (Å²) >= 11 is 0. The Morgan fingerprint density at radius 1 is 1.62 bits per heavy atom. The summed E-state index contributed by atoms with van der Waals surface area (Å²) in [4.78, 5) is 21.5. The average Bonchev–Trinajstić information content (AvgIpc) is 2.16. The zero-order valence-corrected chi connectivity index (χ0v) is 7.33. The van der Waals surface area contributed by atoms with Gasteiger partial charge in [0.15, 0.2) is 0 Å². The Morgan fingerprint density at radius 2 is 2.38 bits per heavy atom. The van der Waals surface area contributed by atoms with Crippen molar-refractivity contribution in [3.05, 3.63) is 28.2 Å². The standard InChI is InChI=1S/C8H11N3O2/c1-2-7(12)9-5-6-3-4-8(13)11-10-6/h3-4H,2,5H2,1H3,(H,9,12)(H,11,13). The maximum absolute atomic E-state index is 10.8. The van der Waals surface area contributed by atoms with Crippen molar-refractivity contribution >= 4 is 5.91 Å². The SMILES string of the molecule is CCC(=O)NCc1ccc(=O)[nH]n1. The number of rotatable bonds is 3. The van der Waals surface area contributed by atoms with Crippen LogP contribution in [0.2, 0.25) is 0 Å². The highest BCUT2D eigenvalue weighted by atomic mass is 16.1. The molecular weight excluding hydrogens is 170 g/mol. The molecule has 0 aliphatic heterocycles. The van der Waals surface area contributed by atoms with Crippen molar-refractivity contribution in [2.45, 2.75) is 19.9 Å². The van der Waals surface area contributed by atoms with Gasteiger partial charge in [-0.3, -0.25) is 9.59 Å². The van der Waals surface area contributed by atoms with E-state index in [9.17, 15) is 9.59 Å². The van der Waals surface area contributed by atoms with Crippen molar-refractivity contribution in [3.8, 4) is 0 Å². The number of aromatic nitrogens is 2. The molecule has 0 atom stereocenters. The van der Waals surface area contributed by atoms with E-state index in [1.54, 1.807) is 13.0 Å². The van der Waals surface area contributed by atoms with E-state index < -0.39 is 0 Å². The fraction of sp³-hybridized carbons (Fsp3) is 0.375. The molecule has 0 saturated carbocycles. The molecular formula is C8H11N3O2. The lowest BCUT2D eigenvalue weighted by atomic mass is 10.3. The van der Waals surface area contributed by atoms with Gasteiger partial charge in [0.2, 0.25) is 5.91 Å². The van der Waals surface area contributed by atoms with Crippen LogP contribution >= 0.6 is 0 Å². The first kappa shape index (κ1) is 9.44. The third-order valence-corrected chi connectivity index (χ3v) is 1.52. The molecule has 5 nitrogen and oxygen atoms in total. The van der Waals surface area contributed by atoms with Crippen LogP contribution < -0.4 is 10.9 Å². The van der Waals surface area contributed by atoms with Gasteiger partial charge in [-0.1, -0.05) is 6.92 Å². The summed E-state index contributed by atoms with van der Waals surface area (Å²) in [5, 5.41) is 8.66. The highest BCUT2D eigenvalue weighted by molar-refractivity contribution is 5.75. The van der Waals surface area contributed by atoms with E-state index in [4.69, 9.17) is 0 Å². The van der Waals surface area contributed by atoms with Gasteiger partial charge in [0.25, 0.3) is 5.56 Å². The minimum atomic E-state index is -0.245. The summed E-state index contributed by atoms with van der Waals surface area (Å²) in [6.07, 6.45) is 0.448. The maximum Gasteiger partial charge on any atom is 0.264 e. The second-order valence-electron chi connectivity index (χ2n) is 2.54. The van der Waals surface area contributed by atoms with Crippen LogP contribution in [0.1, 0.15) is 19.0 Å². The molecule has 1 heterocycles. The number of nitrogens with zero attached hydrogens (tertiary/aromatic N) is 1. The molecule has 1 rings (SSSR count). The van der Waals surface area contributed by atoms with Crippen molar-refractivity contribution in [2.24, 2.45) is 0 Å². The predicted molar refractivity (Wildman–Crippen MR) is 47.0 cm³/mol. The van der Waals surface area contributed by atoms with Crippen LogP contribution in [0.5, 0.6) is 0 Å². The van der Waals surface area contributed by atoms with Crippen LogP contribution in [-0.2, 0) is 11.3 Å². The fourth-order valence-electron chi connectivity index (χ4n) is 0.786. The Bertz CT molecular complexity index is 325. The quantitative estimate of drug-likeness (QED) is 0.677. The van der Waals surface area contributed by atoms with Gasteiger partial charge < -0.3 is 5.32 Å². The number of amides is 1. The Balaban J connectivity index is 2.50. The van der Waals surface area contributed by atoms with E-state index in [-0.39, 0.29) is 11.5 Å². The number of hydrogen-bond acceptors (Lipinski definition) is 3. The molecule has 0 saturated heterocycles. The van der Waals surface area contributed by atoms with Gasteiger partial charge in [-0.05, 0) is 6.07 Å². The monoisotopic (exact) mass is 181 g/mol. The summed E-state index contributed by atoms with van der Waals surface area (Å²) in [7, 11) is 0. The normalized spacial score (nSPS) is 9.62. The molecule has 13 heavy (non-hydrogen) atoms. The van der Waals surface area contributed by atoms with Gasteiger partial charge in [-0.15, -0.1) is 0 Å². The molecule has 1 aromatic rings. The Kier molecular flexibility index (Phi) is 3.19. The van der Waals surface area contributed by atoms with Crippen LogP contribution in [0.25, 0.3) is 0 Å². The lowest BCUT2D eigenvalue weighted by Gasteiger charge is -2.00. The zero-order valence-electron chi connectivity index (χ0n) is 7.33. The molecule has 0 unspecified atom stereocenters. The van der Waals surface area contributed by atoms with Crippen molar-refractivity contribution in [3.63, 3.8) is 0 Å². The Morgan fingerprint density at radius 3 is 2.92 bits per heavy atom. The Labute approximate surface area is 75.2 Å². The van der Waals surface area contributed by atoms with E-state index in [2.05, 4.69) is 15.5 Å². The van der Waals surface area contributed by atoms with Gasteiger partial charge in [-0.25, -0.2) is 5.10 Å². The first-order valence-corrected chi connectivity index (χ1v) is 4.03. The van der Waals surface area contributed by atoms with Crippen molar-refractivity contribution in [1.82, 2.24) is 15.5 Å². The van der Waals surface area contributed by atoms with Crippen LogP contribution in [-0.4, -0.2) is 16.1 Å². The van der Waals surface area contributed by atoms with Gasteiger partial charge in [0.1, 0.15) is 0 Å². The van der Waals surface area contributed by atoms with Gasteiger partial charge in [-0.2, -0.15) is 5.10 Å². The largest absolute Gasteiger partial charge is 0.350 e. The molecule has 1 amide bonds. The minimum absolute atomic E-state index is 0.0343. The van der Waals surface area contributed by atoms with E-state index in [1.807, 2.05) is 0 Å². The number of carbonyl (C=O) groups excluding carboxylic acids is 1. The van der Waals surface area contributed by atoms with E-state index in [0.717, 1.165) is 0 Å². The molecule has 0 spiro atoms. The molecule has 0 aliphatic rings. The van der Waals surface area contributed by atoms with Gasteiger partial charge >= 0.3 is 0 Å². The first-order chi connectivity index (χ1) is 6.22. The van der Waals surface area contributed by atoms with Crippen molar-refractivity contribution in [2.75, 3.05) is 0 Å². The van der Waals surface area contributed by atoms with Crippen molar-refractivity contribution in [1.29, 1.82) is 0 Å². The summed E-state index contributed by atoms with van der Waals surface area (Å²) in [5.41, 5.74) is 0.395. The summed E-state index contributed by atoms with van der Waals surface area (Å²) in [5.74, 6) is -0.0343. The molecule has 5 heteroatoms. The summed E-state index contributed by atoms with van der Waals surface area (Å²) < 4.78 is 0. The molecule has 0 aromatic carbocycles. The lowest BCUT2D eigenvalue weighted by molar-refractivity contribution is -0.120. The van der Waals surface area contributed by atoms with E-state index in [0.29, 0.717) is 18.7 Å². The van der Waals surface area contributed by atoms with E-state index >= 15 is 0 Å². The molecule has 70 valence electrons. The molecule has 0 fully saturated rings. The van der Waals surface area contributed by atoms with Crippen LogP contribution in [0.4, 0.5) is 0 Å². The second kappa shape index (κ2) is 4.39. The highest BCUT2D eigenvalue weighted by Crippen LogP contribution is 1.87. The van der Waals surface area contributed by atoms with Crippen molar-refractivity contribution < 1.29 is 4.79 Å². The topological polar surface area (TPSA) is 74.8 Å². The molecule has 0 bridgehead atoms. The fourth-order valence-corrected chi connectivity index (χ4v) is 0.786. The molecule has 2 N–H and O–H groups in total. The van der Waals surface area contributed by atoms with Gasteiger partial charge in [0, 0.05) is 12.5 Å². The third kappa shape index (κ3) is 3.06. The summed E-state index contributed by atoms with van der Waals surface area (Å²) in [6, 6.07) is 2.95. The number of H-pyrrole nitrogens is 1. The van der Waals surface area contributed by atoms with Crippen LogP contribution in [0, 0.1) is 0 Å². The Hall–Kier alpha value is -1.65. The first-order valence-electron chi connectivity index (χ1n) is 4.03. The predicted octanol–water partition coefficient (Wildman–Crippen LogP) is -0.204. The average molecular weight is 181 g/mol. The van der Waals surface area contributed by atoms with E-state index in [1.165, 1.54) is 6.07 Å². The third-order valence-electron chi connectivity index (χ3n) is 1.52. The number of carbonyl (C=O) groups is 1. The second-order valence-corrected chi connectivity index (χ2v) is 2.54. The molecule has 0 aliphatic carbocycles. The smallest absolute Gasteiger partial charge is 0.264 e. The molecule has 1 aromatic heterocycles. The highest BCUT2D eigenvalue weighted by Gasteiger charge is 1.97. The summed E-state index contributed by atoms with van der Waals surface area (Å²) in [6.45, 7) is 2.12.